The summed E-state index contributed by atoms with van der Waals surface area (Å²) in [5.41, 5.74) is 17.9. The van der Waals surface area contributed by atoms with Crippen molar-refractivity contribution in [1.82, 2.24) is 0 Å². The van der Waals surface area contributed by atoms with E-state index in [2.05, 4.69) is 240 Å². The molecule has 290 valence electrons. The lowest BCUT2D eigenvalue weighted by atomic mass is 9.69. The molecule has 10 aromatic carbocycles. The lowest BCUT2D eigenvalue weighted by molar-refractivity contribution is 0.669. The normalized spacial score (nSPS) is 14.5. The molecule has 3 nitrogen and oxygen atoms in total. The zero-order valence-electron chi connectivity index (χ0n) is 33.7. The zero-order chi connectivity index (χ0) is 40.8. The quantitative estimate of drug-likeness (QED) is 0.167. The molecule has 0 saturated heterocycles. The van der Waals surface area contributed by atoms with E-state index in [-0.39, 0.29) is 0 Å². The van der Waals surface area contributed by atoms with E-state index in [0.29, 0.717) is 0 Å². The van der Waals surface area contributed by atoms with Gasteiger partial charge in [0.15, 0.2) is 0 Å². The number of hydrogen-bond acceptors (Lipinski definition) is 3. The van der Waals surface area contributed by atoms with Gasteiger partial charge >= 0.3 is 0 Å². The summed E-state index contributed by atoms with van der Waals surface area (Å²) in [6.45, 7) is 0. The molecule has 1 atom stereocenters. The Balaban J connectivity index is 1.17. The summed E-state index contributed by atoms with van der Waals surface area (Å²) >= 11 is 0. The molecule has 0 N–H and O–H groups in total. The molecule has 2 aliphatic carbocycles. The van der Waals surface area contributed by atoms with E-state index in [1.54, 1.807) is 0 Å². The zero-order valence-corrected chi connectivity index (χ0v) is 33.7. The van der Waals surface area contributed by atoms with E-state index in [9.17, 15) is 0 Å². The molecule has 0 saturated carbocycles. The van der Waals surface area contributed by atoms with Crippen LogP contribution in [0.15, 0.2) is 235 Å². The summed E-state index contributed by atoms with van der Waals surface area (Å²) < 4.78 is 6.60. The van der Waals surface area contributed by atoms with Crippen molar-refractivity contribution in [2.45, 2.75) is 5.41 Å². The van der Waals surface area contributed by atoms with Gasteiger partial charge in [0.05, 0.1) is 22.2 Å². The van der Waals surface area contributed by atoms with Crippen molar-refractivity contribution in [3.05, 3.63) is 253 Å². The van der Waals surface area contributed by atoms with Gasteiger partial charge in [-0.1, -0.05) is 158 Å². The van der Waals surface area contributed by atoms with Crippen LogP contribution in [-0.2, 0) is 5.41 Å². The molecular formula is C59H38N2O. The van der Waals surface area contributed by atoms with Crippen LogP contribution < -0.4 is 9.80 Å². The third kappa shape index (κ3) is 4.82. The molecule has 11 aromatic rings. The van der Waals surface area contributed by atoms with Gasteiger partial charge in [-0.15, -0.1) is 0 Å². The SMILES string of the molecule is c1ccc(N(c2ccccc2)c2ccc3c(c2)-c2ccccc2C32c3ccccc3-c3cc4ccccc4c(N(c4ccccc4)c4cccc5oc6ccccc6c45)c32)cc1. The van der Waals surface area contributed by atoms with Crippen LogP contribution >= 0.6 is 0 Å². The second-order valence-corrected chi connectivity index (χ2v) is 16.4. The van der Waals surface area contributed by atoms with Crippen molar-refractivity contribution >= 4 is 66.8 Å². The smallest absolute Gasteiger partial charge is 0.137 e. The van der Waals surface area contributed by atoms with Gasteiger partial charge < -0.3 is 14.2 Å². The molecule has 1 unspecified atom stereocenters. The fourth-order valence-corrected chi connectivity index (χ4v) is 10.8. The van der Waals surface area contributed by atoms with Crippen LogP contribution in [0, 0.1) is 0 Å². The lowest BCUT2D eigenvalue weighted by Gasteiger charge is -2.37. The molecule has 1 aromatic heterocycles. The largest absolute Gasteiger partial charge is 0.456 e. The first-order valence-corrected chi connectivity index (χ1v) is 21.4. The van der Waals surface area contributed by atoms with E-state index < -0.39 is 5.41 Å². The lowest BCUT2D eigenvalue weighted by Crippen LogP contribution is -2.28. The monoisotopic (exact) mass is 790 g/mol. The maximum absolute atomic E-state index is 6.60. The number of rotatable bonds is 6. The topological polar surface area (TPSA) is 19.6 Å². The number of fused-ring (bicyclic) bond motifs is 14. The predicted molar refractivity (Wildman–Crippen MR) is 257 cm³/mol. The van der Waals surface area contributed by atoms with Gasteiger partial charge in [0.1, 0.15) is 11.2 Å². The van der Waals surface area contributed by atoms with Crippen LogP contribution in [0.3, 0.4) is 0 Å². The summed E-state index contributed by atoms with van der Waals surface area (Å²) in [5.74, 6) is 0. The van der Waals surface area contributed by atoms with E-state index in [1.807, 2.05) is 0 Å². The second kappa shape index (κ2) is 13.4. The van der Waals surface area contributed by atoms with Gasteiger partial charge in [-0.2, -0.15) is 0 Å². The predicted octanol–water partition coefficient (Wildman–Crippen LogP) is 16.0. The summed E-state index contributed by atoms with van der Waals surface area (Å²) in [6, 6.07) is 84.1. The molecule has 62 heavy (non-hydrogen) atoms. The first-order valence-electron chi connectivity index (χ1n) is 21.4. The highest BCUT2D eigenvalue weighted by Crippen LogP contribution is 2.67. The molecule has 0 bridgehead atoms. The van der Waals surface area contributed by atoms with Crippen molar-refractivity contribution in [2.75, 3.05) is 9.80 Å². The Labute approximate surface area is 360 Å². The van der Waals surface area contributed by atoms with E-state index in [4.69, 9.17) is 4.42 Å². The van der Waals surface area contributed by atoms with Crippen LogP contribution in [0.25, 0.3) is 55.0 Å². The van der Waals surface area contributed by atoms with Crippen molar-refractivity contribution in [2.24, 2.45) is 0 Å². The van der Waals surface area contributed by atoms with Gasteiger partial charge in [-0.3, -0.25) is 0 Å². The van der Waals surface area contributed by atoms with Crippen LogP contribution in [0.5, 0.6) is 0 Å². The average molecular weight is 791 g/mol. The average Bonchev–Trinajstić information content (AvgIpc) is 3.97. The fraction of sp³-hybridized carbons (Fsp3) is 0.0169. The molecule has 1 heterocycles. The van der Waals surface area contributed by atoms with E-state index in [0.717, 1.165) is 50.4 Å². The third-order valence-electron chi connectivity index (χ3n) is 13.2. The van der Waals surface area contributed by atoms with Crippen molar-refractivity contribution in [1.29, 1.82) is 0 Å². The molecule has 0 fully saturated rings. The van der Waals surface area contributed by atoms with E-state index >= 15 is 0 Å². The highest BCUT2D eigenvalue weighted by Gasteiger charge is 2.54. The molecule has 13 rings (SSSR count). The maximum Gasteiger partial charge on any atom is 0.137 e. The minimum atomic E-state index is -0.639. The maximum atomic E-state index is 6.60. The molecule has 0 radical (unpaired) electrons. The van der Waals surface area contributed by atoms with Crippen LogP contribution in [0.1, 0.15) is 22.3 Å². The highest BCUT2D eigenvalue weighted by molar-refractivity contribution is 6.17. The molecule has 0 aliphatic heterocycles. The van der Waals surface area contributed by atoms with Crippen molar-refractivity contribution in [3.63, 3.8) is 0 Å². The van der Waals surface area contributed by atoms with Gasteiger partial charge in [-0.25, -0.2) is 0 Å². The summed E-state index contributed by atoms with van der Waals surface area (Å²) in [5, 5.41) is 4.58. The first-order chi connectivity index (χ1) is 30.8. The molecule has 1 spiro atoms. The fourth-order valence-electron chi connectivity index (χ4n) is 10.8. The Morgan fingerprint density at radius 2 is 0.871 bits per heavy atom. The Morgan fingerprint density at radius 3 is 1.56 bits per heavy atom. The molecule has 3 heteroatoms. The molecular weight excluding hydrogens is 753 g/mol. The Morgan fingerprint density at radius 1 is 0.339 bits per heavy atom. The number of hydrogen-bond donors (Lipinski definition) is 0. The Kier molecular flexibility index (Phi) is 7.52. The number of para-hydroxylation sites is 4. The van der Waals surface area contributed by atoms with Crippen molar-refractivity contribution in [3.8, 4) is 22.3 Å². The highest BCUT2D eigenvalue weighted by atomic mass is 16.3. The second-order valence-electron chi connectivity index (χ2n) is 16.4. The minimum absolute atomic E-state index is 0.639. The van der Waals surface area contributed by atoms with Crippen molar-refractivity contribution < 1.29 is 4.42 Å². The molecule has 0 amide bonds. The number of benzene rings is 10. The first kappa shape index (κ1) is 34.7. The summed E-state index contributed by atoms with van der Waals surface area (Å²) in [6.07, 6.45) is 0. The summed E-state index contributed by atoms with van der Waals surface area (Å²) in [4.78, 5) is 4.90. The van der Waals surface area contributed by atoms with Gasteiger partial charge in [-0.05, 0) is 117 Å². The summed E-state index contributed by atoms with van der Waals surface area (Å²) in [7, 11) is 0. The van der Waals surface area contributed by atoms with Gasteiger partial charge in [0.25, 0.3) is 0 Å². The molecule has 2 aliphatic rings. The van der Waals surface area contributed by atoms with Gasteiger partial charge in [0.2, 0.25) is 0 Å². The van der Waals surface area contributed by atoms with E-state index in [1.165, 1.54) is 61.0 Å². The number of nitrogens with zero attached hydrogens (tertiary/aromatic N) is 2. The Bertz CT molecular complexity index is 3500. The number of furan rings is 1. The van der Waals surface area contributed by atoms with Crippen LogP contribution in [0.4, 0.5) is 34.1 Å². The minimum Gasteiger partial charge on any atom is -0.456 e. The number of anilines is 6. The van der Waals surface area contributed by atoms with Crippen LogP contribution in [0.2, 0.25) is 0 Å². The standard InChI is InChI=1S/C59H38N2O/c1-4-20-40(21-5-1)60(41-22-6-2-7-23-41)43-35-36-52-48(38-43)45-27-12-15-30-50(45)59(52)51-31-16-13-28-46(51)49-37-39-19-10-11-26-44(39)58(57(49)59)61(42-24-8-3-9-25-42)53-32-18-34-55-56(53)47-29-14-17-33-54(47)62-55/h1-38H. The van der Waals surface area contributed by atoms with Crippen LogP contribution in [-0.4, -0.2) is 0 Å². The Hall–Kier alpha value is -8.14. The third-order valence-corrected chi connectivity index (χ3v) is 13.2. The van der Waals surface area contributed by atoms with Gasteiger partial charge in [0, 0.05) is 39.1 Å².